The minimum atomic E-state index is -1.24. The quantitative estimate of drug-likeness (QED) is 0.200. The van der Waals surface area contributed by atoms with Gasteiger partial charge in [0.1, 0.15) is 12.2 Å². The summed E-state index contributed by atoms with van der Waals surface area (Å²) in [6, 6.07) is -1.01. The van der Waals surface area contributed by atoms with Gasteiger partial charge in [0.2, 0.25) is 0 Å². The van der Waals surface area contributed by atoms with Gasteiger partial charge in [-0.1, -0.05) is 38.2 Å². The fourth-order valence-corrected chi connectivity index (χ4v) is 3.44. The molecule has 0 aromatic carbocycles. The first-order valence-electron chi connectivity index (χ1n) is 9.89. The van der Waals surface area contributed by atoms with Crippen molar-refractivity contribution in [3.63, 3.8) is 0 Å². The number of allylic oxidation sites excluding steroid dienone is 1. The molecule has 1 aliphatic rings. The Morgan fingerprint density at radius 2 is 1.89 bits per heavy atom. The Morgan fingerprint density at radius 3 is 2.52 bits per heavy atom. The van der Waals surface area contributed by atoms with Gasteiger partial charge in [0.05, 0.1) is 35.4 Å². The molecule has 0 bridgehead atoms. The molecule has 8 heteroatoms. The van der Waals surface area contributed by atoms with Gasteiger partial charge < -0.3 is 36.2 Å². The Morgan fingerprint density at radius 1 is 1.19 bits per heavy atom. The molecule has 158 valence electrons. The molecule has 0 spiro atoms. The van der Waals surface area contributed by atoms with Crippen LogP contribution in [-0.2, 0) is 0 Å². The molecule has 27 heavy (non-hydrogen) atoms. The number of rotatable bonds is 10. The van der Waals surface area contributed by atoms with Crippen LogP contribution < -0.4 is 10.6 Å². The first-order valence-corrected chi connectivity index (χ1v) is 10.3. The molecule has 0 radical (unpaired) electrons. The first-order chi connectivity index (χ1) is 12.8. The summed E-state index contributed by atoms with van der Waals surface area (Å²) in [6.45, 7) is 4.14. The Kier molecular flexibility index (Phi) is 11.6. The molecule has 0 aromatic heterocycles. The fraction of sp³-hybridized carbons (Fsp3) is 0.842. The van der Waals surface area contributed by atoms with Crippen molar-refractivity contribution >= 4 is 17.2 Å². The molecule has 0 saturated heterocycles. The van der Waals surface area contributed by atoms with Crippen LogP contribution in [0.4, 0.5) is 0 Å². The lowest BCUT2D eigenvalue weighted by atomic mass is 9.94. The zero-order valence-corrected chi connectivity index (χ0v) is 17.1. The van der Waals surface area contributed by atoms with Crippen molar-refractivity contribution in [2.45, 2.75) is 95.0 Å². The highest BCUT2D eigenvalue weighted by Gasteiger charge is 2.32. The maximum Gasteiger partial charge on any atom is 0.108 e. The van der Waals surface area contributed by atoms with Crippen LogP contribution in [0.15, 0.2) is 12.2 Å². The van der Waals surface area contributed by atoms with Gasteiger partial charge in [-0.3, -0.25) is 0 Å². The smallest absolute Gasteiger partial charge is 0.108 e. The molecular formula is C19H36N2O5S. The van der Waals surface area contributed by atoms with Crippen LogP contribution >= 0.6 is 12.2 Å². The molecule has 7 unspecified atom stereocenters. The van der Waals surface area contributed by atoms with Crippen LogP contribution in [0.1, 0.15) is 52.4 Å². The Bertz CT molecular complexity index is 465. The lowest BCUT2D eigenvalue weighted by molar-refractivity contribution is -0.0703. The molecular weight excluding hydrogens is 368 g/mol. The van der Waals surface area contributed by atoms with E-state index in [0.29, 0.717) is 30.7 Å². The van der Waals surface area contributed by atoms with E-state index in [2.05, 4.69) is 10.6 Å². The molecule has 0 saturated carbocycles. The minimum absolute atomic E-state index is 0.217. The van der Waals surface area contributed by atoms with Crippen molar-refractivity contribution in [2.75, 3.05) is 6.54 Å². The van der Waals surface area contributed by atoms with E-state index >= 15 is 0 Å². The molecule has 7 atom stereocenters. The van der Waals surface area contributed by atoms with Gasteiger partial charge in [0.15, 0.2) is 0 Å². The highest BCUT2D eigenvalue weighted by Crippen LogP contribution is 2.15. The molecule has 0 aromatic rings. The minimum Gasteiger partial charge on any atom is -0.393 e. The van der Waals surface area contributed by atoms with Gasteiger partial charge in [0.25, 0.3) is 0 Å². The molecule has 0 aliphatic heterocycles. The van der Waals surface area contributed by atoms with E-state index in [0.717, 1.165) is 6.42 Å². The number of aliphatic hydroxyl groups is 5. The lowest BCUT2D eigenvalue weighted by Crippen LogP contribution is -2.55. The van der Waals surface area contributed by atoms with Crippen molar-refractivity contribution in [1.82, 2.24) is 10.6 Å². The van der Waals surface area contributed by atoms with Crippen molar-refractivity contribution in [3.05, 3.63) is 12.2 Å². The van der Waals surface area contributed by atoms with Gasteiger partial charge in [-0.05, 0) is 32.1 Å². The maximum absolute atomic E-state index is 10.5. The zero-order chi connectivity index (χ0) is 20.4. The Balaban J connectivity index is 2.77. The van der Waals surface area contributed by atoms with Crippen LogP contribution in [0.25, 0.3) is 0 Å². The summed E-state index contributed by atoms with van der Waals surface area (Å²) in [4.78, 5) is 0.638. The molecule has 0 heterocycles. The highest BCUT2D eigenvalue weighted by atomic mass is 32.1. The number of nitrogens with one attached hydrogen (secondary N) is 2. The SMILES string of the molecule is CCCC(=S)NC(CNC1/C=C\CCC(O)C(O)C1O)C(O)CC(O)CC. The second-order valence-electron chi connectivity index (χ2n) is 7.28. The van der Waals surface area contributed by atoms with E-state index in [4.69, 9.17) is 12.2 Å². The van der Waals surface area contributed by atoms with Crippen molar-refractivity contribution in [1.29, 1.82) is 0 Å². The molecule has 1 aliphatic carbocycles. The van der Waals surface area contributed by atoms with Crippen LogP contribution in [0.3, 0.4) is 0 Å². The zero-order valence-electron chi connectivity index (χ0n) is 16.3. The number of hydrogen-bond acceptors (Lipinski definition) is 7. The Labute approximate surface area is 167 Å². The van der Waals surface area contributed by atoms with E-state index in [-0.39, 0.29) is 13.0 Å². The molecule has 7 nitrogen and oxygen atoms in total. The highest BCUT2D eigenvalue weighted by molar-refractivity contribution is 7.80. The third-order valence-corrected chi connectivity index (χ3v) is 5.25. The number of thiocarbonyl (C=S) groups is 1. The third-order valence-electron chi connectivity index (χ3n) is 4.93. The summed E-state index contributed by atoms with van der Waals surface area (Å²) in [5.74, 6) is 0. The van der Waals surface area contributed by atoms with Crippen molar-refractivity contribution in [3.8, 4) is 0 Å². The Hall–Kier alpha value is -0.610. The van der Waals surface area contributed by atoms with Gasteiger partial charge in [-0.2, -0.15) is 0 Å². The van der Waals surface area contributed by atoms with Gasteiger partial charge in [-0.25, -0.2) is 0 Å². The monoisotopic (exact) mass is 404 g/mol. The van der Waals surface area contributed by atoms with Crippen molar-refractivity contribution in [2.24, 2.45) is 0 Å². The largest absolute Gasteiger partial charge is 0.393 e. The van der Waals surface area contributed by atoms with Gasteiger partial charge >= 0.3 is 0 Å². The molecule has 0 fully saturated rings. The molecule has 7 N–H and O–H groups in total. The van der Waals surface area contributed by atoms with Crippen LogP contribution in [0, 0.1) is 0 Å². The molecule has 1 rings (SSSR count). The topological polar surface area (TPSA) is 125 Å². The summed E-state index contributed by atoms with van der Waals surface area (Å²) in [5, 5.41) is 56.9. The molecule has 0 amide bonds. The summed E-state index contributed by atoms with van der Waals surface area (Å²) in [5.41, 5.74) is 0. The van der Waals surface area contributed by atoms with E-state index < -0.39 is 42.6 Å². The fourth-order valence-electron chi connectivity index (χ4n) is 3.09. The van der Waals surface area contributed by atoms with E-state index in [1.807, 2.05) is 19.9 Å². The van der Waals surface area contributed by atoms with Crippen molar-refractivity contribution < 1.29 is 25.5 Å². The van der Waals surface area contributed by atoms with Gasteiger partial charge in [-0.15, -0.1) is 0 Å². The van der Waals surface area contributed by atoms with Crippen LogP contribution in [0.5, 0.6) is 0 Å². The summed E-state index contributed by atoms with van der Waals surface area (Å²) in [7, 11) is 0. The second-order valence-corrected chi connectivity index (χ2v) is 7.77. The van der Waals surface area contributed by atoms with Gasteiger partial charge in [0, 0.05) is 13.0 Å². The number of hydrogen-bond donors (Lipinski definition) is 7. The maximum atomic E-state index is 10.5. The van der Waals surface area contributed by atoms with Crippen LogP contribution in [-0.4, -0.2) is 79.7 Å². The summed E-state index contributed by atoms with van der Waals surface area (Å²) in [6.07, 6.45) is 2.16. The lowest BCUT2D eigenvalue weighted by Gasteiger charge is -2.33. The first kappa shape index (κ1) is 24.4. The summed E-state index contributed by atoms with van der Waals surface area (Å²) >= 11 is 5.31. The average Bonchev–Trinajstić information content (AvgIpc) is 2.64. The standard InChI is InChI=1S/C19H36N2O5S/c1-3-7-17(27)21-14(16(24)10-12(22)4-2)11-20-13-8-5-6-9-15(23)19(26)18(13)25/h5,8,12-16,18-20,22-26H,3-4,6-7,9-11H2,1-2H3,(H,21,27)/b8-5-. The third kappa shape index (κ3) is 8.51. The van der Waals surface area contributed by atoms with Crippen LogP contribution in [0.2, 0.25) is 0 Å². The normalized spacial score (nSPS) is 30.6. The van der Waals surface area contributed by atoms with E-state index in [1.54, 1.807) is 6.08 Å². The van der Waals surface area contributed by atoms with E-state index in [1.165, 1.54) is 0 Å². The number of aliphatic hydroxyl groups excluding tert-OH is 5. The summed E-state index contributed by atoms with van der Waals surface area (Å²) < 4.78 is 0. The average molecular weight is 405 g/mol. The second kappa shape index (κ2) is 12.8. The van der Waals surface area contributed by atoms with E-state index in [9.17, 15) is 25.5 Å². The predicted octanol–water partition coefficient (Wildman–Crippen LogP) is -0.0151. The predicted molar refractivity (Wildman–Crippen MR) is 110 cm³/mol.